The quantitative estimate of drug-likeness (QED) is 0.379. The highest BCUT2D eigenvalue weighted by atomic mass is 32.2. The first kappa shape index (κ1) is 23.4. The highest BCUT2D eigenvalue weighted by Gasteiger charge is 2.39. The molecule has 11 nitrogen and oxygen atoms in total. The van der Waals surface area contributed by atoms with Crippen molar-refractivity contribution in [3.8, 4) is 0 Å². The summed E-state index contributed by atoms with van der Waals surface area (Å²) >= 11 is 1.13. The van der Waals surface area contributed by atoms with E-state index in [0.717, 1.165) is 11.8 Å². The summed E-state index contributed by atoms with van der Waals surface area (Å²) in [4.78, 5) is 31.6. The van der Waals surface area contributed by atoms with Crippen LogP contribution in [0.5, 0.6) is 0 Å². The molecule has 2 aliphatic rings. The number of pyridine rings is 1. The van der Waals surface area contributed by atoms with E-state index in [0.29, 0.717) is 48.0 Å². The van der Waals surface area contributed by atoms with E-state index in [4.69, 9.17) is 16.6 Å². The Kier molecular flexibility index (Phi) is 6.33. The minimum atomic E-state index is -3.86. The van der Waals surface area contributed by atoms with E-state index in [-0.39, 0.29) is 16.6 Å². The fourth-order valence-corrected chi connectivity index (χ4v) is 5.56. The fourth-order valence-electron chi connectivity index (χ4n) is 3.88. The van der Waals surface area contributed by atoms with Gasteiger partial charge in [0.1, 0.15) is 16.1 Å². The minimum Gasteiger partial charge on any atom is -0.393 e. The van der Waals surface area contributed by atoms with Gasteiger partial charge in [0.05, 0.1) is 22.6 Å². The van der Waals surface area contributed by atoms with Crippen LogP contribution in [0.4, 0.5) is 11.5 Å². The monoisotopic (exact) mass is 492 g/mol. The molecule has 1 saturated heterocycles. The van der Waals surface area contributed by atoms with Gasteiger partial charge in [-0.3, -0.25) is 9.59 Å². The average molecular weight is 493 g/mol. The van der Waals surface area contributed by atoms with E-state index >= 15 is 0 Å². The smallest absolute Gasteiger partial charge is 0.256 e. The van der Waals surface area contributed by atoms with Crippen LogP contribution in [0.3, 0.4) is 0 Å². The Morgan fingerprint density at radius 3 is 2.39 bits per heavy atom. The van der Waals surface area contributed by atoms with Crippen molar-refractivity contribution in [2.75, 3.05) is 23.3 Å². The van der Waals surface area contributed by atoms with Gasteiger partial charge in [0.15, 0.2) is 0 Å². The van der Waals surface area contributed by atoms with Crippen LogP contribution in [-0.2, 0) is 14.8 Å². The third kappa shape index (κ3) is 4.82. The number of aromatic nitrogens is 1. The van der Waals surface area contributed by atoms with Gasteiger partial charge in [-0.1, -0.05) is 11.8 Å². The molecule has 33 heavy (non-hydrogen) atoms. The fraction of sp³-hybridized carbons (Fsp3) is 0.350. The number of rotatable bonds is 5. The first-order chi connectivity index (χ1) is 15.5. The number of aliphatic hydroxyl groups is 1. The van der Waals surface area contributed by atoms with E-state index < -0.39 is 33.1 Å². The van der Waals surface area contributed by atoms with E-state index in [1.54, 1.807) is 6.07 Å². The predicted octanol–water partition coefficient (Wildman–Crippen LogP) is -0.0982. The molecule has 13 heteroatoms. The maximum absolute atomic E-state index is 13.2. The number of nitrogens with one attached hydrogen (secondary N) is 1. The third-order valence-corrected chi connectivity index (χ3v) is 7.91. The third-order valence-electron chi connectivity index (χ3n) is 5.66. The standard InChI is InChI=1S/C20H24N6O5S2/c21-16-15-13(19(29)24-10-1-3-12(4-2-10)33(23,30)31)9-14(26-7-5-11(27)6-8-26)25-20(15)32-17(16)18(22)28/h1-4,9,11,16-17,27H,5-8,21H2,(H2,22,28)(H,24,29)(H2,23,30,31). The van der Waals surface area contributed by atoms with Crippen LogP contribution in [0.2, 0.25) is 0 Å². The zero-order valence-electron chi connectivity index (χ0n) is 17.5. The molecule has 176 valence electrons. The summed E-state index contributed by atoms with van der Waals surface area (Å²) in [5, 5.41) is 17.4. The summed E-state index contributed by atoms with van der Waals surface area (Å²) in [7, 11) is -3.86. The van der Waals surface area contributed by atoms with Gasteiger partial charge in [0, 0.05) is 24.3 Å². The maximum atomic E-state index is 13.2. The Morgan fingerprint density at radius 1 is 1.18 bits per heavy atom. The molecule has 1 aromatic heterocycles. The Morgan fingerprint density at radius 2 is 1.82 bits per heavy atom. The summed E-state index contributed by atoms with van der Waals surface area (Å²) in [6, 6.07) is 6.24. The van der Waals surface area contributed by atoms with Crippen molar-refractivity contribution in [2.45, 2.75) is 40.2 Å². The van der Waals surface area contributed by atoms with Crippen LogP contribution in [0.15, 0.2) is 40.3 Å². The van der Waals surface area contributed by atoms with Crippen LogP contribution < -0.4 is 26.8 Å². The van der Waals surface area contributed by atoms with Crippen molar-refractivity contribution in [3.05, 3.63) is 41.5 Å². The lowest BCUT2D eigenvalue weighted by Crippen LogP contribution is -2.36. The molecule has 4 rings (SSSR count). The molecule has 8 N–H and O–H groups in total. The number of piperidine rings is 1. The summed E-state index contributed by atoms with van der Waals surface area (Å²) in [6.45, 7) is 1.14. The molecule has 1 aromatic carbocycles. The number of anilines is 2. The van der Waals surface area contributed by atoms with Crippen LogP contribution in [0.1, 0.15) is 34.8 Å². The number of primary sulfonamides is 1. The molecule has 1 fully saturated rings. The molecule has 3 heterocycles. The number of sulfonamides is 1. The van der Waals surface area contributed by atoms with Crippen molar-refractivity contribution in [1.82, 2.24) is 4.98 Å². The number of amides is 2. The van der Waals surface area contributed by atoms with Gasteiger partial charge in [-0.25, -0.2) is 18.5 Å². The molecular weight excluding hydrogens is 468 g/mol. The number of nitrogens with zero attached hydrogens (tertiary/aromatic N) is 2. The van der Waals surface area contributed by atoms with Gasteiger partial charge in [0.25, 0.3) is 5.91 Å². The van der Waals surface area contributed by atoms with E-state index in [1.807, 2.05) is 4.90 Å². The zero-order chi connectivity index (χ0) is 23.9. The highest BCUT2D eigenvalue weighted by Crippen LogP contribution is 2.44. The van der Waals surface area contributed by atoms with Crippen LogP contribution in [0.25, 0.3) is 0 Å². The molecule has 0 aliphatic carbocycles. The Bertz CT molecular complexity index is 1200. The van der Waals surface area contributed by atoms with Crippen molar-refractivity contribution < 1.29 is 23.1 Å². The Hall–Kier alpha value is -2.71. The molecule has 0 radical (unpaired) electrons. The minimum absolute atomic E-state index is 0.0809. The number of aliphatic hydroxyl groups excluding tert-OH is 1. The number of primary amides is 1. The molecule has 0 bridgehead atoms. The number of hydrogen-bond donors (Lipinski definition) is 5. The van der Waals surface area contributed by atoms with Crippen LogP contribution in [0, 0.1) is 0 Å². The number of carbonyl (C=O) groups is 2. The first-order valence-electron chi connectivity index (χ1n) is 10.2. The summed E-state index contributed by atoms with van der Waals surface area (Å²) in [6.07, 6.45) is 0.779. The predicted molar refractivity (Wildman–Crippen MR) is 123 cm³/mol. The molecular formula is C20H24N6O5S2. The SMILES string of the molecule is NC(=O)C1Sc2nc(N3CCC(O)CC3)cc(C(=O)Nc3ccc(S(N)(=O)=O)cc3)c2C1N. The normalized spacial score (nSPS) is 21.0. The first-order valence-corrected chi connectivity index (χ1v) is 12.6. The van der Waals surface area contributed by atoms with E-state index in [2.05, 4.69) is 10.3 Å². The lowest BCUT2D eigenvalue weighted by Gasteiger charge is -2.31. The Labute approximate surface area is 194 Å². The van der Waals surface area contributed by atoms with Gasteiger partial charge < -0.3 is 26.8 Å². The number of carbonyl (C=O) groups excluding carboxylic acids is 2. The van der Waals surface area contributed by atoms with Gasteiger partial charge in [-0.05, 0) is 43.2 Å². The Balaban J connectivity index is 1.68. The van der Waals surface area contributed by atoms with Gasteiger partial charge in [-0.15, -0.1) is 0 Å². The zero-order valence-corrected chi connectivity index (χ0v) is 19.1. The van der Waals surface area contributed by atoms with Crippen molar-refractivity contribution >= 4 is 45.1 Å². The van der Waals surface area contributed by atoms with Gasteiger partial charge in [-0.2, -0.15) is 0 Å². The summed E-state index contributed by atoms with van der Waals surface area (Å²) < 4.78 is 22.9. The summed E-state index contributed by atoms with van der Waals surface area (Å²) in [5.41, 5.74) is 12.8. The molecule has 2 amide bonds. The second-order valence-corrected chi connectivity index (χ2v) is 10.6. The second kappa shape index (κ2) is 8.91. The van der Waals surface area contributed by atoms with Crippen molar-refractivity contribution in [3.63, 3.8) is 0 Å². The van der Waals surface area contributed by atoms with E-state index in [9.17, 15) is 23.1 Å². The largest absolute Gasteiger partial charge is 0.393 e. The van der Waals surface area contributed by atoms with Crippen molar-refractivity contribution in [2.24, 2.45) is 16.6 Å². The molecule has 2 atom stereocenters. The van der Waals surface area contributed by atoms with Crippen LogP contribution >= 0.6 is 11.8 Å². The van der Waals surface area contributed by atoms with Crippen LogP contribution in [-0.4, -0.2) is 54.8 Å². The highest BCUT2D eigenvalue weighted by molar-refractivity contribution is 8.01. The number of fused-ring (bicyclic) bond motifs is 1. The van der Waals surface area contributed by atoms with Gasteiger partial charge in [0.2, 0.25) is 15.9 Å². The number of nitrogens with two attached hydrogens (primary N) is 3. The van der Waals surface area contributed by atoms with Crippen molar-refractivity contribution in [1.29, 1.82) is 0 Å². The number of benzene rings is 1. The van der Waals surface area contributed by atoms with E-state index in [1.165, 1.54) is 24.3 Å². The maximum Gasteiger partial charge on any atom is 0.256 e. The lowest BCUT2D eigenvalue weighted by molar-refractivity contribution is -0.117. The van der Waals surface area contributed by atoms with Gasteiger partial charge >= 0.3 is 0 Å². The summed E-state index contributed by atoms with van der Waals surface area (Å²) in [5.74, 6) is -0.547. The lowest BCUT2D eigenvalue weighted by atomic mass is 9.99. The molecule has 2 aliphatic heterocycles. The molecule has 2 unspecified atom stereocenters. The second-order valence-electron chi connectivity index (χ2n) is 7.96. The molecule has 0 spiro atoms. The topological polar surface area (TPSA) is 195 Å². The average Bonchev–Trinajstić information content (AvgIpc) is 3.10. The molecule has 2 aromatic rings. The number of thioether (sulfide) groups is 1. The molecule has 0 saturated carbocycles. The number of hydrogen-bond acceptors (Lipinski definition) is 9.